The molecule has 0 aliphatic carbocycles. The lowest BCUT2D eigenvalue weighted by Crippen LogP contribution is -2.39. The van der Waals surface area contributed by atoms with Crippen LogP contribution in [0, 0.1) is 0 Å². The average Bonchev–Trinajstić information content (AvgIpc) is 3.21. The first-order valence-electron chi connectivity index (χ1n) is 8.48. The van der Waals surface area contributed by atoms with Crippen molar-refractivity contribution in [1.82, 2.24) is 20.0 Å². The summed E-state index contributed by atoms with van der Waals surface area (Å²) in [7, 11) is 1.64. The van der Waals surface area contributed by atoms with Gasteiger partial charge < -0.3 is 15.0 Å². The first-order chi connectivity index (χ1) is 11.7. The standard InChI is InChI=1S/C18H22N4O2/c1-24-16-6-4-15(5-7-16)22-11-9-17(20-22)18(23)21-10-8-13-2-3-14(12-21)19-13/h4-7,9,11,13-14,19H,2-3,8,10,12H2,1H3. The summed E-state index contributed by atoms with van der Waals surface area (Å²) in [4.78, 5) is 14.7. The van der Waals surface area contributed by atoms with Crippen molar-refractivity contribution in [1.29, 1.82) is 0 Å². The van der Waals surface area contributed by atoms with E-state index in [9.17, 15) is 4.79 Å². The van der Waals surface area contributed by atoms with Crippen LogP contribution in [0.4, 0.5) is 0 Å². The average molecular weight is 326 g/mol. The van der Waals surface area contributed by atoms with Gasteiger partial charge in [-0.15, -0.1) is 0 Å². The monoisotopic (exact) mass is 326 g/mol. The minimum absolute atomic E-state index is 0.0246. The number of likely N-dealkylation sites (tertiary alicyclic amines) is 1. The summed E-state index contributed by atoms with van der Waals surface area (Å²) in [5.41, 5.74) is 1.41. The van der Waals surface area contributed by atoms with Crippen LogP contribution in [0.15, 0.2) is 36.5 Å². The largest absolute Gasteiger partial charge is 0.497 e. The SMILES string of the molecule is COc1ccc(-n2ccc(C(=O)N3CCC4CCC(C3)N4)n2)cc1. The molecule has 2 aliphatic heterocycles. The van der Waals surface area contributed by atoms with Gasteiger partial charge >= 0.3 is 0 Å². The van der Waals surface area contributed by atoms with E-state index >= 15 is 0 Å². The van der Waals surface area contributed by atoms with Gasteiger partial charge in [-0.05, 0) is 49.6 Å². The van der Waals surface area contributed by atoms with Gasteiger partial charge in [0.15, 0.2) is 5.69 Å². The number of carbonyl (C=O) groups excluding carboxylic acids is 1. The van der Waals surface area contributed by atoms with E-state index < -0.39 is 0 Å². The van der Waals surface area contributed by atoms with Gasteiger partial charge in [-0.2, -0.15) is 5.10 Å². The number of aromatic nitrogens is 2. The third-order valence-electron chi connectivity index (χ3n) is 4.96. The lowest BCUT2D eigenvalue weighted by molar-refractivity contribution is 0.0741. The fourth-order valence-electron chi connectivity index (χ4n) is 3.61. The molecule has 4 rings (SSSR count). The van der Waals surface area contributed by atoms with Gasteiger partial charge in [-0.25, -0.2) is 4.68 Å². The molecule has 3 heterocycles. The predicted molar refractivity (Wildman–Crippen MR) is 90.6 cm³/mol. The van der Waals surface area contributed by atoms with Crippen molar-refractivity contribution >= 4 is 5.91 Å². The van der Waals surface area contributed by atoms with Crippen LogP contribution < -0.4 is 10.1 Å². The van der Waals surface area contributed by atoms with Crippen LogP contribution in [-0.2, 0) is 0 Å². The number of hydrogen-bond acceptors (Lipinski definition) is 4. The second kappa shape index (κ2) is 6.28. The molecule has 0 radical (unpaired) electrons. The van der Waals surface area contributed by atoms with Crippen molar-refractivity contribution in [2.75, 3.05) is 20.2 Å². The van der Waals surface area contributed by atoms with Gasteiger partial charge in [0.25, 0.3) is 5.91 Å². The van der Waals surface area contributed by atoms with Crippen LogP contribution in [-0.4, -0.2) is 52.9 Å². The molecule has 2 bridgehead atoms. The fourth-order valence-corrected chi connectivity index (χ4v) is 3.61. The van der Waals surface area contributed by atoms with E-state index in [1.807, 2.05) is 35.4 Å². The van der Waals surface area contributed by atoms with Crippen molar-refractivity contribution in [3.05, 3.63) is 42.2 Å². The first-order valence-corrected chi connectivity index (χ1v) is 8.48. The number of hydrogen-bond donors (Lipinski definition) is 1. The Morgan fingerprint density at radius 2 is 1.96 bits per heavy atom. The van der Waals surface area contributed by atoms with E-state index in [4.69, 9.17) is 4.74 Å². The molecule has 126 valence electrons. The van der Waals surface area contributed by atoms with Crippen LogP contribution >= 0.6 is 0 Å². The molecule has 24 heavy (non-hydrogen) atoms. The Balaban J connectivity index is 1.50. The Bertz CT molecular complexity index is 725. The van der Waals surface area contributed by atoms with Gasteiger partial charge in [-0.1, -0.05) is 0 Å². The zero-order valence-corrected chi connectivity index (χ0v) is 13.8. The second-order valence-electron chi connectivity index (χ2n) is 6.52. The van der Waals surface area contributed by atoms with Gasteiger partial charge in [0.2, 0.25) is 0 Å². The summed E-state index contributed by atoms with van der Waals surface area (Å²) >= 11 is 0. The molecule has 1 aromatic carbocycles. The minimum Gasteiger partial charge on any atom is -0.497 e. The highest BCUT2D eigenvalue weighted by Crippen LogP contribution is 2.21. The van der Waals surface area contributed by atoms with Crippen LogP contribution in [0.3, 0.4) is 0 Å². The number of methoxy groups -OCH3 is 1. The predicted octanol–water partition coefficient (Wildman–Crippen LogP) is 1.85. The minimum atomic E-state index is 0.0246. The molecule has 2 aliphatic rings. The summed E-state index contributed by atoms with van der Waals surface area (Å²) in [6.45, 7) is 1.59. The normalized spacial score (nSPS) is 23.1. The third kappa shape index (κ3) is 2.89. The smallest absolute Gasteiger partial charge is 0.274 e. The molecule has 2 saturated heterocycles. The maximum absolute atomic E-state index is 12.8. The van der Waals surface area contributed by atoms with Gasteiger partial charge in [0.1, 0.15) is 5.75 Å². The maximum Gasteiger partial charge on any atom is 0.274 e. The number of ether oxygens (including phenoxy) is 1. The van der Waals surface area contributed by atoms with E-state index in [2.05, 4.69) is 10.4 Å². The lowest BCUT2D eigenvalue weighted by atomic mass is 10.1. The first kappa shape index (κ1) is 15.2. The van der Waals surface area contributed by atoms with Crippen molar-refractivity contribution in [3.63, 3.8) is 0 Å². The van der Waals surface area contributed by atoms with Crippen molar-refractivity contribution in [3.8, 4) is 11.4 Å². The summed E-state index contributed by atoms with van der Waals surface area (Å²) < 4.78 is 6.90. The van der Waals surface area contributed by atoms with E-state index in [1.165, 1.54) is 6.42 Å². The highest BCUT2D eigenvalue weighted by atomic mass is 16.5. The second-order valence-corrected chi connectivity index (χ2v) is 6.52. The molecule has 2 aromatic rings. The number of carbonyl (C=O) groups is 1. The molecule has 0 saturated carbocycles. The van der Waals surface area contributed by atoms with Gasteiger partial charge in [-0.3, -0.25) is 4.79 Å². The Morgan fingerprint density at radius 1 is 1.17 bits per heavy atom. The molecule has 1 aromatic heterocycles. The fraction of sp³-hybridized carbons (Fsp3) is 0.444. The molecule has 2 fully saturated rings. The van der Waals surface area contributed by atoms with Gasteiger partial charge in [0, 0.05) is 31.4 Å². The van der Waals surface area contributed by atoms with Crippen molar-refractivity contribution < 1.29 is 9.53 Å². The Hall–Kier alpha value is -2.34. The van der Waals surface area contributed by atoms with Crippen LogP contribution in [0.1, 0.15) is 29.8 Å². The number of rotatable bonds is 3. The Kier molecular flexibility index (Phi) is 3.98. The highest BCUT2D eigenvalue weighted by molar-refractivity contribution is 5.92. The van der Waals surface area contributed by atoms with E-state index in [0.717, 1.165) is 37.4 Å². The molecule has 1 N–H and O–H groups in total. The van der Waals surface area contributed by atoms with E-state index in [0.29, 0.717) is 17.8 Å². The Labute approximate surface area is 141 Å². The summed E-state index contributed by atoms with van der Waals surface area (Å²) in [5.74, 6) is 0.825. The van der Waals surface area contributed by atoms with Crippen LogP contribution in [0.5, 0.6) is 5.75 Å². The maximum atomic E-state index is 12.8. The summed E-state index contributed by atoms with van der Waals surface area (Å²) in [5, 5.41) is 8.07. The summed E-state index contributed by atoms with van der Waals surface area (Å²) in [6, 6.07) is 10.4. The highest BCUT2D eigenvalue weighted by Gasteiger charge is 2.32. The van der Waals surface area contributed by atoms with Crippen molar-refractivity contribution in [2.45, 2.75) is 31.3 Å². The number of amides is 1. The topological polar surface area (TPSA) is 59.4 Å². The number of nitrogens with zero attached hydrogens (tertiary/aromatic N) is 3. The molecule has 2 atom stereocenters. The van der Waals surface area contributed by atoms with E-state index in [1.54, 1.807) is 17.9 Å². The zero-order valence-electron chi connectivity index (χ0n) is 13.8. The number of fused-ring (bicyclic) bond motifs is 2. The molecule has 6 nitrogen and oxygen atoms in total. The molecule has 2 unspecified atom stereocenters. The van der Waals surface area contributed by atoms with Crippen molar-refractivity contribution in [2.24, 2.45) is 0 Å². The number of benzene rings is 1. The zero-order chi connectivity index (χ0) is 16.5. The number of nitrogens with one attached hydrogen (secondary N) is 1. The molecular weight excluding hydrogens is 304 g/mol. The van der Waals surface area contributed by atoms with Crippen LogP contribution in [0.25, 0.3) is 5.69 Å². The molecule has 1 amide bonds. The van der Waals surface area contributed by atoms with Gasteiger partial charge in [0.05, 0.1) is 12.8 Å². The molecule has 0 spiro atoms. The van der Waals surface area contributed by atoms with E-state index in [-0.39, 0.29) is 5.91 Å². The van der Waals surface area contributed by atoms with Crippen LogP contribution in [0.2, 0.25) is 0 Å². The quantitative estimate of drug-likeness (QED) is 0.935. The molecular formula is C18H22N4O2. The third-order valence-corrected chi connectivity index (χ3v) is 4.96. The summed E-state index contributed by atoms with van der Waals surface area (Å²) in [6.07, 6.45) is 5.26. The molecule has 6 heteroatoms. The lowest BCUT2D eigenvalue weighted by Gasteiger charge is -2.23. The Morgan fingerprint density at radius 3 is 2.75 bits per heavy atom.